The number of nitrogens with one attached hydrogen (secondary N) is 1. The summed E-state index contributed by atoms with van der Waals surface area (Å²) in [6.45, 7) is 3.76. The third-order valence-corrected chi connectivity index (χ3v) is 5.30. The van der Waals surface area contributed by atoms with Gasteiger partial charge in [-0.05, 0) is 43.7 Å². The monoisotopic (exact) mass is 432 g/mol. The molecule has 0 fully saturated rings. The quantitative estimate of drug-likeness (QED) is 0.489. The third-order valence-electron chi connectivity index (χ3n) is 5.30. The molecule has 0 unspecified atom stereocenters. The largest absolute Gasteiger partial charge is 0.497 e. The number of fused-ring (bicyclic) bond motifs is 1. The molecule has 4 rings (SSSR count). The zero-order valence-electron chi connectivity index (χ0n) is 18.6. The zero-order valence-corrected chi connectivity index (χ0v) is 18.6. The van der Waals surface area contributed by atoms with Crippen molar-refractivity contribution in [3.05, 3.63) is 65.6 Å². The summed E-state index contributed by atoms with van der Waals surface area (Å²) in [6.07, 6.45) is 1.57. The summed E-state index contributed by atoms with van der Waals surface area (Å²) in [6, 6.07) is 12.9. The predicted molar refractivity (Wildman–Crippen MR) is 122 cm³/mol. The normalized spacial score (nSPS) is 10.8. The van der Waals surface area contributed by atoms with Gasteiger partial charge in [0.15, 0.2) is 17.1 Å². The van der Waals surface area contributed by atoms with E-state index in [2.05, 4.69) is 15.4 Å². The molecule has 0 saturated carbocycles. The van der Waals surface area contributed by atoms with E-state index in [1.54, 1.807) is 44.2 Å². The molecule has 2 aromatic carbocycles. The third kappa shape index (κ3) is 3.71. The lowest BCUT2D eigenvalue weighted by atomic mass is 10.1. The number of nitrogens with zero attached hydrogens (tertiary/aromatic N) is 3. The number of methoxy groups -OCH3 is 3. The van der Waals surface area contributed by atoms with Crippen molar-refractivity contribution in [2.24, 2.45) is 0 Å². The number of anilines is 1. The average molecular weight is 432 g/mol. The highest BCUT2D eigenvalue weighted by atomic mass is 16.5. The van der Waals surface area contributed by atoms with Gasteiger partial charge in [0.05, 0.1) is 38.3 Å². The van der Waals surface area contributed by atoms with Crippen molar-refractivity contribution in [2.45, 2.75) is 13.8 Å². The van der Waals surface area contributed by atoms with E-state index in [4.69, 9.17) is 14.2 Å². The highest BCUT2D eigenvalue weighted by Gasteiger charge is 2.20. The molecule has 32 heavy (non-hydrogen) atoms. The number of hydrogen-bond donors (Lipinski definition) is 1. The summed E-state index contributed by atoms with van der Waals surface area (Å²) in [5.74, 6) is 1.65. The Labute approximate surface area is 185 Å². The molecule has 0 aliphatic heterocycles. The molecule has 0 saturated heterocycles. The molecule has 0 atom stereocenters. The first-order valence-corrected chi connectivity index (χ1v) is 9.99. The van der Waals surface area contributed by atoms with Crippen LogP contribution >= 0.6 is 0 Å². The van der Waals surface area contributed by atoms with Crippen LogP contribution in [0.15, 0.2) is 48.7 Å². The molecule has 0 spiro atoms. The number of hydrogen-bond acceptors (Lipinski definition) is 6. The van der Waals surface area contributed by atoms with Crippen LogP contribution in [0.2, 0.25) is 0 Å². The molecule has 164 valence electrons. The van der Waals surface area contributed by atoms with Crippen LogP contribution in [0, 0.1) is 13.8 Å². The molecule has 0 aliphatic rings. The number of aromatic nitrogens is 3. The Bertz CT molecular complexity index is 1310. The first-order chi connectivity index (χ1) is 15.5. The Morgan fingerprint density at radius 2 is 1.75 bits per heavy atom. The SMILES string of the molecule is COc1cccc(NC(=O)c2cnc3c(-c4ccc(OC)c(OC)c4)c(C)nn3c2C)c1. The van der Waals surface area contributed by atoms with Crippen molar-refractivity contribution < 1.29 is 19.0 Å². The average Bonchev–Trinajstić information content (AvgIpc) is 3.15. The van der Waals surface area contributed by atoms with E-state index in [1.807, 2.05) is 44.2 Å². The maximum absolute atomic E-state index is 12.9. The summed E-state index contributed by atoms with van der Waals surface area (Å²) in [5, 5.41) is 7.54. The van der Waals surface area contributed by atoms with E-state index in [9.17, 15) is 4.79 Å². The van der Waals surface area contributed by atoms with E-state index < -0.39 is 0 Å². The minimum atomic E-state index is -0.272. The van der Waals surface area contributed by atoms with E-state index >= 15 is 0 Å². The Morgan fingerprint density at radius 3 is 2.47 bits per heavy atom. The Balaban J connectivity index is 1.74. The molecule has 2 aromatic heterocycles. The van der Waals surface area contributed by atoms with Gasteiger partial charge in [0.1, 0.15) is 5.75 Å². The molecular formula is C24H24N4O4. The van der Waals surface area contributed by atoms with Gasteiger partial charge in [-0.1, -0.05) is 12.1 Å². The smallest absolute Gasteiger partial charge is 0.259 e. The van der Waals surface area contributed by atoms with Gasteiger partial charge in [0.2, 0.25) is 0 Å². The van der Waals surface area contributed by atoms with E-state index in [0.29, 0.717) is 39.8 Å². The van der Waals surface area contributed by atoms with Crippen LogP contribution in [-0.2, 0) is 0 Å². The van der Waals surface area contributed by atoms with E-state index in [1.165, 1.54) is 0 Å². The van der Waals surface area contributed by atoms with Gasteiger partial charge in [-0.15, -0.1) is 0 Å². The van der Waals surface area contributed by atoms with Crippen LogP contribution in [0.1, 0.15) is 21.7 Å². The number of ether oxygens (including phenoxy) is 3. The van der Waals surface area contributed by atoms with Gasteiger partial charge >= 0.3 is 0 Å². The Kier molecular flexibility index (Phi) is 5.68. The molecule has 4 aromatic rings. The van der Waals surface area contributed by atoms with Gasteiger partial charge in [-0.25, -0.2) is 9.50 Å². The van der Waals surface area contributed by atoms with Crippen LogP contribution in [0.3, 0.4) is 0 Å². The minimum Gasteiger partial charge on any atom is -0.497 e. The maximum atomic E-state index is 12.9. The highest BCUT2D eigenvalue weighted by Crippen LogP contribution is 2.35. The number of rotatable bonds is 6. The molecule has 1 amide bonds. The summed E-state index contributed by atoms with van der Waals surface area (Å²) >= 11 is 0. The molecule has 0 radical (unpaired) electrons. The van der Waals surface area contributed by atoms with Crippen molar-refractivity contribution in [1.29, 1.82) is 0 Å². The number of carbonyl (C=O) groups is 1. The summed E-state index contributed by atoms with van der Waals surface area (Å²) < 4.78 is 17.7. The molecular weight excluding hydrogens is 408 g/mol. The van der Waals surface area contributed by atoms with E-state index in [-0.39, 0.29) is 5.91 Å². The van der Waals surface area contributed by atoms with Gasteiger partial charge < -0.3 is 19.5 Å². The molecule has 1 N–H and O–H groups in total. The predicted octanol–water partition coefficient (Wildman–Crippen LogP) is 4.29. The van der Waals surface area contributed by atoms with Gasteiger partial charge in [-0.3, -0.25) is 4.79 Å². The second-order valence-electron chi connectivity index (χ2n) is 7.21. The first-order valence-electron chi connectivity index (χ1n) is 9.99. The number of aryl methyl sites for hydroxylation is 2. The molecule has 8 nitrogen and oxygen atoms in total. The fraction of sp³-hybridized carbons (Fsp3) is 0.208. The number of amides is 1. The summed E-state index contributed by atoms with van der Waals surface area (Å²) in [4.78, 5) is 17.5. The summed E-state index contributed by atoms with van der Waals surface area (Å²) in [5.41, 5.74) is 4.97. The maximum Gasteiger partial charge on any atom is 0.259 e. The second kappa shape index (κ2) is 8.58. The molecule has 0 aliphatic carbocycles. The fourth-order valence-corrected chi connectivity index (χ4v) is 3.65. The second-order valence-corrected chi connectivity index (χ2v) is 7.21. The lowest BCUT2D eigenvalue weighted by molar-refractivity contribution is 0.102. The fourth-order valence-electron chi connectivity index (χ4n) is 3.65. The van der Waals surface area contributed by atoms with Crippen LogP contribution in [0.25, 0.3) is 16.8 Å². The van der Waals surface area contributed by atoms with Crippen LogP contribution in [0.5, 0.6) is 17.2 Å². The number of benzene rings is 2. The zero-order chi connectivity index (χ0) is 22.8. The highest BCUT2D eigenvalue weighted by molar-refractivity contribution is 6.05. The van der Waals surface area contributed by atoms with Crippen LogP contribution in [-0.4, -0.2) is 41.8 Å². The molecule has 0 bridgehead atoms. The van der Waals surface area contributed by atoms with Crippen molar-refractivity contribution in [2.75, 3.05) is 26.6 Å². The van der Waals surface area contributed by atoms with Gasteiger partial charge in [0.25, 0.3) is 5.91 Å². The van der Waals surface area contributed by atoms with Crippen molar-refractivity contribution in [3.63, 3.8) is 0 Å². The number of carbonyl (C=O) groups excluding carboxylic acids is 1. The lowest BCUT2D eigenvalue weighted by Gasteiger charge is -2.11. The lowest BCUT2D eigenvalue weighted by Crippen LogP contribution is -2.16. The van der Waals surface area contributed by atoms with Crippen molar-refractivity contribution in [1.82, 2.24) is 14.6 Å². The van der Waals surface area contributed by atoms with Crippen LogP contribution in [0.4, 0.5) is 5.69 Å². The topological polar surface area (TPSA) is 87.0 Å². The van der Waals surface area contributed by atoms with Crippen LogP contribution < -0.4 is 19.5 Å². The Hall–Kier alpha value is -4.07. The standard InChI is InChI=1S/C24H24N4O4/c1-14-22(16-9-10-20(31-4)21(11-16)32-5)23-25-13-19(15(2)28(23)27-14)24(29)26-17-7-6-8-18(12-17)30-3/h6-13H,1-5H3,(H,26,29). The first kappa shape index (κ1) is 21.2. The van der Waals surface area contributed by atoms with E-state index in [0.717, 1.165) is 16.8 Å². The molecule has 8 heteroatoms. The minimum absolute atomic E-state index is 0.272. The van der Waals surface area contributed by atoms with Gasteiger partial charge in [0, 0.05) is 23.5 Å². The van der Waals surface area contributed by atoms with Crippen molar-refractivity contribution >= 4 is 17.2 Å². The van der Waals surface area contributed by atoms with Crippen molar-refractivity contribution in [3.8, 4) is 28.4 Å². The molecule has 2 heterocycles. The van der Waals surface area contributed by atoms with Gasteiger partial charge in [-0.2, -0.15) is 5.10 Å². The Morgan fingerprint density at radius 1 is 0.969 bits per heavy atom. The summed E-state index contributed by atoms with van der Waals surface area (Å²) in [7, 11) is 4.78.